The van der Waals surface area contributed by atoms with Crippen molar-refractivity contribution in [1.82, 2.24) is 4.72 Å². The highest BCUT2D eigenvalue weighted by molar-refractivity contribution is 7.89. The van der Waals surface area contributed by atoms with E-state index in [4.69, 9.17) is 0 Å². The lowest BCUT2D eigenvalue weighted by molar-refractivity contribution is -0.202. The molecule has 0 heterocycles. The number of carbonyl (C=O) groups excluding carboxylic acids is 1. The minimum absolute atomic E-state index is 0.109. The number of hydrogen-bond donors (Lipinski definition) is 2. The molecule has 0 spiro atoms. The Labute approximate surface area is 167 Å². The molecule has 2 N–H and O–H groups in total. The van der Waals surface area contributed by atoms with E-state index >= 15 is 0 Å². The number of esters is 1. The van der Waals surface area contributed by atoms with Crippen LogP contribution in [0.15, 0.2) is 53.4 Å². The fourth-order valence-corrected chi connectivity index (χ4v) is 3.78. The van der Waals surface area contributed by atoms with Crippen molar-refractivity contribution in [2.75, 3.05) is 11.9 Å². The van der Waals surface area contributed by atoms with Gasteiger partial charge < -0.3 is 10.1 Å². The second-order valence-corrected chi connectivity index (χ2v) is 8.06. The van der Waals surface area contributed by atoms with Gasteiger partial charge in [0, 0.05) is 5.69 Å². The molecule has 0 fully saturated rings. The molecule has 0 saturated carbocycles. The van der Waals surface area contributed by atoms with Crippen LogP contribution in [0, 0.1) is 13.8 Å². The molecular weight excluding hydrogens is 409 g/mol. The van der Waals surface area contributed by atoms with Crippen molar-refractivity contribution < 1.29 is 31.1 Å². The van der Waals surface area contributed by atoms with Gasteiger partial charge in [0.05, 0.1) is 11.5 Å². The molecule has 0 bridgehead atoms. The first-order valence-electron chi connectivity index (χ1n) is 8.61. The molecule has 1 atom stereocenters. The number of hydrogen-bond acceptors (Lipinski definition) is 5. The van der Waals surface area contributed by atoms with Crippen molar-refractivity contribution in [2.24, 2.45) is 0 Å². The normalized spacial score (nSPS) is 14.1. The summed E-state index contributed by atoms with van der Waals surface area (Å²) in [5, 5.41) is 2.01. The van der Waals surface area contributed by atoms with Crippen LogP contribution in [0.4, 0.5) is 18.9 Å². The number of benzene rings is 2. The van der Waals surface area contributed by atoms with Crippen LogP contribution in [0.25, 0.3) is 0 Å². The molecule has 0 aliphatic carbocycles. The van der Waals surface area contributed by atoms with Crippen LogP contribution in [0.1, 0.15) is 18.1 Å². The monoisotopic (exact) mass is 430 g/mol. The summed E-state index contributed by atoms with van der Waals surface area (Å²) < 4.78 is 74.0. The zero-order valence-electron chi connectivity index (χ0n) is 16.0. The third kappa shape index (κ3) is 5.07. The smallest absolute Gasteiger partial charge is 0.437 e. The second-order valence-electron chi connectivity index (χ2n) is 6.38. The van der Waals surface area contributed by atoms with E-state index in [1.165, 1.54) is 42.0 Å². The second kappa shape index (κ2) is 8.42. The van der Waals surface area contributed by atoms with Crippen LogP contribution in [0.3, 0.4) is 0 Å². The first kappa shape index (κ1) is 22.7. The lowest BCUT2D eigenvalue weighted by atomic mass is 10.1. The SMILES string of the molecule is CCOC(=O)[C@](Nc1cccc(C)c1)(NS(=O)(=O)c1ccc(C)cc1)C(F)(F)F. The molecule has 0 aliphatic rings. The molecule has 2 rings (SSSR count). The Hall–Kier alpha value is -2.59. The lowest BCUT2D eigenvalue weighted by Crippen LogP contribution is -2.69. The highest BCUT2D eigenvalue weighted by Gasteiger charge is 2.64. The molecule has 0 aromatic heterocycles. The Morgan fingerprint density at radius 1 is 1.03 bits per heavy atom. The molecule has 29 heavy (non-hydrogen) atoms. The Morgan fingerprint density at radius 3 is 2.17 bits per heavy atom. The molecular formula is C19H21F3N2O4S. The van der Waals surface area contributed by atoms with Crippen molar-refractivity contribution in [3.8, 4) is 0 Å². The molecule has 10 heteroatoms. The van der Waals surface area contributed by atoms with E-state index in [1.807, 2.05) is 5.32 Å². The van der Waals surface area contributed by atoms with Gasteiger partial charge in [-0.3, -0.25) is 0 Å². The number of nitrogens with one attached hydrogen (secondary N) is 2. The van der Waals surface area contributed by atoms with Crippen LogP contribution in [-0.4, -0.2) is 32.8 Å². The minimum atomic E-state index is -5.36. The molecule has 0 aliphatic heterocycles. The van der Waals surface area contributed by atoms with Crippen molar-refractivity contribution in [1.29, 1.82) is 0 Å². The summed E-state index contributed by atoms with van der Waals surface area (Å²) >= 11 is 0. The number of alkyl halides is 3. The quantitative estimate of drug-likeness (QED) is 0.519. The van der Waals surface area contributed by atoms with Crippen molar-refractivity contribution >= 4 is 21.7 Å². The Morgan fingerprint density at radius 2 is 1.66 bits per heavy atom. The summed E-state index contributed by atoms with van der Waals surface area (Å²) in [6.45, 7) is 4.28. The summed E-state index contributed by atoms with van der Waals surface area (Å²) in [7, 11) is -4.74. The summed E-state index contributed by atoms with van der Waals surface area (Å²) in [4.78, 5) is 12.0. The number of rotatable bonds is 7. The molecule has 2 aromatic rings. The lowest BCUT2D eigenvalue weighted by Gasteiger charge is -2.35. The average molecular weight is 430 g/mol. The van der Waals surface area contributed by atoms with E-state index < -0.39 is 32.7 Å². The number of anilines is 1. The summed E-state index contributed by atoms with van der Waals surface area (Å²) in [6.07, 6.45) is -5.36. The van der Waals surface area contributed by atoms with E-state index in [0.29, 0.717) is 11.1 Å². The summed E-state index contributed by atoms with van der Waals surface area (Å²) in [5.74, 6) is -1.82. The minimum Gasteiger partial charge on any atom is -0.463 e. The van der Waals surface area contributed by atoms with Gasteiger partial charge in [0.1, 0.15) is 0 Å². The van der Waals surface area contributed by atoms with Gasteiger partial charge in [-0.05, 0) is 50.6 Å². The predicted octanol–water partition coefficient (Wildman–Crippen LogP) is 3.52. The van der Waals surface area contributed by atoms with Gasteiger partial charge >= 0.3 is 12.1 Å². The van der Waals surface area contributed by atoms with Crippen molar-refractivity contribution in [3.63, 3.8) is 0 Å². The van der Waals surface area contributed by atoms with Gasteiger partial charge in [-0.2, -0.15) is 17.9 Å². The van der Waals surface area contributed by atoms with Crippen LogP contribution in [0.2, 0.25) is 0 Å². The third-order valence-corrected chi connectivity index (χ3v) is 5.44. The summed E-state index contributed by atoms with van der Waals surface area (Å²) in [5.41, 5.74) is -2.51. The maximum Gasteiger partial charge on any atom is 0.437 e. The van der Waals surface area contributed by atoms with E-state index in [-0.39, 0.29) is 12.3 Å². The van der Waals surface area contributed by atoms with Crippen LogP contribution in [0.5, 0.6) is 0 Å². The summed E-state index contributed by atoms with van der Waals surface area (Å²) in [6, 6.07) is 10.9. The highest BCUT2D eigenvalue weighted by atomic mass is 32.2. The zero-order chi connectivity index (χ0) is 21.9. The topological polar surface area (TPSA) is 84.5 Å². The maximum absolute atomic E-state index is 14.2. The van der Waals surface area contributed by atoms with Crippen molar-refractivity contribution in [3.05, 3.63) is 59.7 Å². The standard InChI is InChI=1S/C19H21F3N2O4S/c1-4-28-17(25)18(19(20,21)22,23-15-7-5-6-14(3)12-15)24-29(26,27)16-10-8-13(2)9-11-16/h5-12,23-24H,4H2,1-3H3/t18-/m0/s1. The van der Waals surface area contributed by atoms with Gasteiger partial charge in [-0.1, -0.05) is 29.8 Å². The van der Waals surface area contributed by atoms with E-state index in [1.54, 1.807) is 19.9 Å². The maximum atomic E-state index is 14.2. The number of aryl methyl sites for hydroxylation is 2. The fraction of sp³-hybridized carbons (Fsp3) is 0.316. The number of carbonyl (C=O) groups is 1. The largest absolute Gasteiger partial charge is 0.463 e. The molecule has 0 amide bonds. The molecule has 0 saturated heterocycles. The Kier molecular flexibility index (Phi) is 6.59. The Bertz CT molecular complexity index is 976. The first-order valence-corrected chi connectivity index (χ1v) is 10.1. The van der Waals surface area contributed by atoms with E-state index in [2.05, 4.69) is 4.74 Å². The molecule has 0 radical (unpaired) electrons. The average Bonchev–Trinajstić information content (AvgIpc) is 2.60. The van der Waals surface area contributed by atoms with Crippen LogP contribution < -0.4 is 10.0 Å². The van der Waals surface area contributed by atoms with Gasteiger partial charge in [0.15, 0.2) is 0 Å². The van der Waals surface area contributed by atoms with Gasteiger partial charge in [-0.25, -0.2) is 13.2 Å². The third-order valence-electron chi connectivity index (χ3n) is 3.98. The zero-order valence-corrected chi connectivity index (χ0v) is 16.8. The van der Waals surface area contributed by atoms with E-state index in [9.17, 15) is 26.4 Å². The molecule has 6 nitrogen and oxygen atoms in total. The number of sulfonamides is 1. The van der Waals surface area contributed by atoms with Gasteiger partial charge in [-0.15, -0.1) is 0 Å². The number of ether oxygens (including phenoxy) is 1. The van der Waals surface area contributed by atoms with E-state index in [0.717, 1.165) is 12.1 Å². The molecule has 0 unspecified atom stereocenters. The van der Waals surface area contributed by atoms with Gasteiger partial charge in [0.25, 0.3) is 5.66 Å². The molecule has 158 valence electrons. The predicted molar refractivity (Wildman–Crippen MR) is 102 cm³/mol. The van der Waals surface area contributed by atoms with Crippen molar-refractivity contribution in [2.45, 2.75) is 37.5 Å². The fourth-order valence-electron chi connectivity index (χ4n) is 2.52. The molecule has 2 aromatic carbocycles. The van der Waals surface area contributed by atoms with Crippen LogP contribution in [-0.2, 0) is 19.6 Å². The number of halogens is 3. The van der Waals surface area contributed by atoms with Crippen LogP contribution >= 0.6 is 0 Å². The highest BCUT2D eigenvalue weighted by Crippen LogP contribution is 2.34. The Balaban J connectivity index is 2.60. The van der Waals surface area contributed by atoms with Gasteiger partial charge in [0.2, 0.25) is 10.0 Å². The first-order chi connectivity index (χ1) is 13.4.